The molecule has 5 rings (SSSR count). The Balaban J connectivity index is 1.22. The molecule has 0 radical (unpaired) electrons. The van der Waals surface area contributed by atoms with Gasteiger partial charge in [0.15, 0.2) is 5.82 Å². The maximum Gasteiger partial charge on any atom is 0.254 e. The van der Waals surface area contributed by atoms with E-state index in [1.165, 1.54) is 0 Å². The monoisotopic (exact) mass is 459 g/mol. The van der Waals surface area contributed by atoms with Gasteiger partial charge >= 0.3 is 0 Å². The van der Waals surface area contributed by atoms with Gasteiger partial charge in [0.1, 0.15) is 18.1 Å². The van der Waals surface area contributed by atoms with Crippen LogP contribution in [0.5, 0.6) is 5.75 Å². The topological polar surface area (TPSA) is 80.7 Å². The Hall–Kier alpha value is -3.36. The van der Waals surface area contributed by atoms with Crippen molar-refractivity contribution in [3.63, 3.8) is 0 Å². The molecule has 3 aromatic rings. The Morgan fingerprint density at radius 1 is 1.00 bits per heavy atom. The molecule has 2 aliphatic rings. The molecule has 1 atom stereocenters. The molecule has 1 unspecified atom stereocenters. The maximum atomic E-state index is 13.3. The van der Waals surface area contributed by atoms with E-state index >= 15 is 0 Å². The number of carbonyl (C=O) groups excluding carboxylic acids is 1. The predicted molar refractivity (Wildman–Crippen MR) is 127 cm³/mol. The number of morpholine rings is 1. The van der Waals surface area contributed by atoms with Gasteiger partial charge in [-0.15, -0.1) is 0 Å². The van der Waals surface area contributed by atoms with Crippen molar-refractivity contribution >= 4 is 5.91 Å². The number of ether oxygens (including phenoxy) is 2. The van der Waals surface area contributed by atoms with E-state index in [2.05, 4.69) is 14.9 Å². The van der Waals surface area contributed by atoms with Crippen LogP contribution in [0.1, 0.15) is 34.9 Å². The van der Waals surface area contributed by atoms with Crippen LogP contribution in [0.25, 0.3) is 11.5 Å². The first kappa shape index (κ1) is 22.4. The van der Waals surface area contributed by atoms with E-state index in [-0.39, 0.29) is 11.9 Å². The van der Waals surface area contributed by atoms with Crippen molar-refractivity contribution in [3.8, 4) is 17.3 Å². The van der Waals surface area contributed by atoms with Crippen LogP contribution in [-0.4, -0.2) is 76.7 Å². The molecule has 2 fully saturated rings. The lowest BCUT2D eigenvalue weighted by Gasteiger charge is -2.26. The molecule has 2 aromatic heterocycles. The molecule has 2 saturated heterocycles. The van der Waals surface area contributed by atoms with Gasteiger partial charge in [-0.25, -0.2) is 9.97 Å². The molecule has 0 aliphatic carbocycles. The highest BCUT2D eigenvalue weighted by Crippen LogP contribution is 2.33. The molecule has 2 aliphatic heterocycles. The van der Waals surface area contributed by atoms with Gasteiger partial charge in [0, 0.05) is 44.1 Å². The molecule has 0 N–H and O–H groups in total. The Labute approximate surface area is 199 Å². The van der Waals surface area contributed by atoms with Gasteiger partial charge in [0.25, 0.3) is 5.91 Å². The minimum Gasteiger partial charge on any atom is -0.492 e. The highest BCUT2D eigenvalue weighted by atomic mass is 16.5. The number of amides is 1. The second kappa shape index (κ2) is 10.7. The lowest BCUT2D eigenvalue weighted by Crippen LogP contribution is -2.38. The first-order chi connectivity index (χ1) is 16.8. The zero-order valence-corrected chi connectivity index (χ0v) is 19.2. The third kappa shape index (κ3) is 5.24. The maximum absolute atomic E-state index is 13.3. The van der Waals surface area contributed by atoms with Gasteiger partial charge in [-0.2, -0.15) is 0 Å². The van der Waals surface area contributed by atoms with Crippen molar-refractivity contribution in [1.82, 2.24) is 24.8 Å². The minimum absolute atomic E-state index is 0.0142. The summed E-state index contributed by atoms with van der Waals surface area (Å²) >= 11 is 0. The van der Waals surface area contributed by atoms with Crippen molar-refractivity contribution in [3.05, 3.63) is 72.2 Å². The summed E-state index contributed by atoms with van der Waals surface area (Å²) in [6.45, 7) is 5.67. The number of hydrogen-bond donors (Lipinski definition) is 0. The van der Waals surface area contributed by atoms with Crippen LogP contribution < -0.4 is 4.74 Å². The van der Waals surface area contributed by atoms with Crippen LogP contribution in [0.3, 0.4) is 0 Å². The second-order valence-corrected chi connectivity index (χ2v) is 8.50. The molecule has 34 heavy (non-hydrogen) atoms. The largest absolute Gasteiger partial charge is 0.492 e. The number of benzene rings is 1. The van der Waals surface area contributed by atoms with E-state index in [1.807, 2.05) is 53.4 Å². The van der Waals surface area contributed by atoms with Crippen molar-refractivity contribution in [1.29, 1.82) is 0 Å². The first-order valence-electron chi connectivity index (χ1n) is 11.9. The SMILES string of the molecule is O=C(c1ccc(OCCN2CCOCC2)cc1)N1CCCC1c1ccnc(-c2ccccn2)n1. The lowest BCUT2D eigenvalue weighted by atomic mass is 10.1. The van der Waals surface area contributed by atoms with E-state index in [0.717, 1.165) is 62.8 Å². The third-order valence-electron chi connectivity index (χ3n) is 6.31. The Morgan fingerprint density at radius 2 is 1.85 bits per heavy atom. The number of aromatic nitrogens is 3. The number of pyridine rings is 1. The van der Waals surface area contributed by atoms with Crippen molar-refractivity contribution < 1.29 is 14.3 Å². The Bertz CT molecular complexity index is 1090. The van der Waals surface area contributed by atoms with E-state index in [0.29, 0.717) is 24.5 Å². The Kier molecular flexibility index (Phi) is 7.07. The second-order valence-electron chi connectivity index (χ2n) is 8.50. The lowest BCUT2D eigenvalue weighted by molar-refractivity contribution is 0.0322. The van der Waals surface area contributed by atoms with Crippen LogP contribution in [0, 0.1) is 0 Å². The summed E-state index contributed by atoms with van der Waals surface area (Å²) in [6.07, 6.45) is 5.30. The highest BCUT2D eigenvalue weighted by Gasteiger charge is 2.32. The number of nitrogens with zero attached hydrogens (tertiary/aromatic N) is 5. The predicted octanol–water partition coefficient (Wildman–Crippen LogP) is 3.23. The molecular weight excluding hydrogens is 430 g/mol. The normalized spacial score (nSPS) is 18.7. The summed E-state index contributed by atoms with van der Waals surface area (Å²) in [5.74, 6) is 1.37. The van der Waals surface area contributed by atoms with E-state index < -0.39 is 0 Å². The molecule has 1 amide bonds. The Morgan fingerprint density at radius 3 is 2.65 bits per heavy atom. The summed E-state index contributed by atoms with van der Waals surface area (Å²) in [7, 11) is 0. The average Bonchev–Trinajstić information content (AvgIpc) is 3.40. The van der Waals surface area contributed by atoms with Crippen LogP contribution in [0.15, 0.2) is 60.9 Å². The van der Waals surface area contributed by atoms with Gasteiger partial charge < -0.3 is 14.4 Å². The third-order valence-corrected chi connectivity index (χ3v) is 6.31. The molecule has 176 valence electrons. The molecule has 0 bridgehead atoms. The molecule has 1 aromatic carbocycles. The summed E-state index contributed by atoms with van der Waals surface area (Å²) in [5, 5.41) is 0. The van der Waals surface area contributed by atoms with E-state index in [9.17, 15) is 4.79 Å². The number of likely N-dealkylation sites (tertiary alicyclic amines) is 1. The number of hydrogen-bond acceptors (Lipinski definition) is 7. The summed E-state index contributed by atoms with van der Waals surface area (Å²) in [6, 6.07) is 15.0. The highest BCUT2D eigenvalue weighted by molar-refractivity contribution is 5.94. The van der Waals surface area contributed by atoms with Gasteiger partial charge in [-0.05, 0) is 55.3 Å². The molecule has 8 nitrogen and oxygen atoms in total. The fourth-order valence-corrected chi connectivity index (χ4v) is 4.47. The van der Waals surface area contributed by atoms with Crippen molar-refractivity contribution in [2.45, 2.75) is 18.9 Å². The van der Waals surface area contributed by atoms with Gasteiger partial charge in [0.05, 0.1) is 24.9 Å². The number of rotatable bonds is 7. The van der Waals surface area contributed by atoms with Crippen LogP contribution in [0.2, 0.25) is 0 Å². The molecule has 8 heteroatoms. The van der Waals surface area contributed by atoms with Crippen LogP contribution >= 0.6 is 0 Å². The van der Waals surface area contributed by atoms with Crippen LogP contribution in [0.4, 0.5) is 0 Å². The van der Waals surface area contributed by atoms with Crippen LogP contribution in [-0.2, 0) is 4.74 Å². The zero-order valence-electron chi connectivity index (χ0n) is 19.2. The summed E-state index contributed by atoms with van der Waals surface area (Å²) in [5.41, 5.74) is 2.24. The molecule has 0 spiro atoms. The van der Waals surface area contributed by atoms with Gasteiger partial charge in [0.2, 0.25) is 0 Å². The summed E-state index contributed by atoms with van der Waals surface area (Å²) in [4.78, 5) is 31.0. The van der Waals surface area contributed by atoms with Gasteiger partial charge in [-0.3, -0.25) is 14.7 Å². The van der Waals surface area contributed by atoms with Crippen molar-refractivity contribution in [2.75, 3.05) is 46.0 Å². The number of carbonyl (C=O) groups is 1. The fraction of sp³-hybridized carbons (Fsp3) is 0.385. The van der Waals surface area contributed by atoms with Gasteiger partial charge in [-0.1, -0.05) is 6.07 Å². The van der Waals surface area contributed by atoms with Crippen molar-refractivity contribution in [2.24, 2.45) is 0 Å². The molecule has 0 saturated carbocycles. The minimum atomic E-state index is -0.0672. The van der Waals surface area contributed by atoms with E-state index in [4.69, 9.17) is 14.5 Å². The quantitative estimate of drug-likeness (QED) is 0.537. The smallest absolute Gasteiger partial charge is 0.254 e. The fourth-order valence-electron chi connectivity index (χ4n) is 4.47. The standard InChI is InChI=1S/C26H29N5O3/c32-26(20-6-8-21(9-7-20)34-19-16-30-14-17-33-18-15-30)31-13-3-5-24(31)22-10-12-28-25(29-22)23-4-1-2-11-27-23/h1-2,4,6-12,24H,3,5,13-19H2. The average molecular weight is 460 g/mol. The zero-order chi connectivity index (χ0) is 23.2. The summed E-state index contributed by atoms with van der Waals surface area (Å²) < 4.78 is 11.3. The van der Waals surface area contributed by atoms with E-state index in [1.54, 1.807) is 12.4 Å². The first-order valence-corrected chi connectivity index (χ1v) is 11.9. The molecular formula is C26H29N5O3. The molecule has 4 heterocycles.